The fourth-order valence-corrected chi connectivity index (χ4v) is 0.818. The molecule has 0 aliphatic heterocycles. The Labute approximate surface area is 86.3 Å². The normalized spacial score (nSPS) is 11.1. The van der Waals surface area contributed by atoms with Crippen molar-refractivity contribution in [2.45, 2.75) is 20.4 Å². The first-order chi connectivity index (χ1) is 6.94. The van der Waals surface area contributed by atoms with Crippen LogP contribution in [0.25, 0.3) is 0 Å². The third-order valence-electron chi connectivity index (χ3n) is 2.02. The van der Waals surface area contributed by atoms with E-state index in [1.54, 1.807) is 6.07 Å². The van der Waals surface area contributed by atoms with Gasteiger partial charge in [0, 0.05) is 6.07 Å². The van der Waals surface area contributed by atoms with Crippen LogP contribution < -0.4 is 5.32 Å². The van der Waals surface area contributed by atoms with Crippen LogP contribution in [0.4, 0.5) is 0 Å². The van der Waals surface area contributed by atoms with Gasteiger partial charge in [-0.3, -0.25) is 9.59 Å². The summed E-state index contributed by atoms with van der Waals surface area (Å²) in [4.78, 5) is 22.2. The molecule has 2 N–H and O–H groups in total. The molecule has 0 saturated carbocycles. The lowest BCUT2D eigenvalue weighted by atomic mass is 9.93. The molecule has 82 valence electrons. The van der Waals surface area contributed by atoms with Crippen molar-refractivity contribution in [2.24, 2.45) is 5.41 Å². The van der Waals surface area contributed by atoms with E-state index < -0.39 is 17.3 Å². The van der Waals surface area contributed by atoms with Gasteiger partial charge in [-0.15, -0.1) is 0 Å². The summed E-state index contributed by atoms with van der Waals surface area (Å²) < 4.78 is 4.56. The number of hydrogen-bond donors (Lipinski definition) is 2. The molecule has 0 saturated heterocycles. The van der Waals surface area contributed by atoms with Crippen molar-refractivity contribution in [2.75, 3.05) is 0 Å². The topological polar surface area (TPSA) is 92.4 Å². The Bertz CT molecular complexity index is 356. The number of nitrogens with one attached hydrogen (secondary N) is 1. The van der Waals surface area contributed by atoms with E-state index in [-0.39, 0.29) is 6.54 Å². The smallest absolute Gasteiger partial charge is 0.318 e. The molecule has 1 aromatic rings. The van der Waals surface area contributed by atoms with Crippen LogP contribution in [0.3, 0.4) is 0 Å². The SMILES string of the molecule is CC(C)(C(=O)O)C(=O)NCc1ccon1. The van der Waals surface area contributed by atoms with Crippen molar-refractivity contribution >= 4 is 11.9 Å². The van der Waals surface area contributed by atoms with Crippen LogP contribution in [0.2, 0.25) is 0 Å². The first-order valence-electron chi connectivity index (χ1n) is 4.35. The minimum absolute atomic E-state index is 0.159. The predicted molar refractivity (Wildman–Crippen MR) is 49.8 cm³/mol. The maximum absolute atomic E-state index is 11.5. The highest BCUT2D eigenvalue weighted by Crippen LogP contribution is 2.15. The number of carboxylic acids is 1. The maximum Gasteiger partial charge on any atom is 0.318 e. The Balaban J connectivity index is 2.53. The summed E-state index contributed by atoms with van der Waals surface area (Å²) in [6.45, 7) is 2.84. The van der Waals surface area contributed by atoms with Crippen molar-refractivity contribution in [1.82, 2.24) is 10.5 Å². The molecule has 0 unspecified atom stereocenters. The van der Waals surface area contributed by atoms with Gasteiger partial charge in [0.15, 0.2) is 0 Å². The van der Waals surface area contributed by atoms with Crippen LogP contribution in [-0.2, 0) is 16.1 Å². The molecule has 6 heteroatoms. The first kappa shape index (κ1) is 11.2. The average molecular weight is 212 g/mol. The van der Waals surface area contributed by atoms with Crippen LogP contribution in [0.15, 0.2) is 16.9 Å². The lowest BCUT2D eigenvalue weighted by Crippen LogP contribution is -2.42. The maximum atomic E-state index is 11.5. The fraction of sp³-hybridized carbons (Fsp3) is 0.444. The number of amides is 1. The molecule has 1 amide bonds. The Kier molecular flexibility index (Phi) is 3.08. The Morgan fingerprint density at radius 2 is 2.27 bits per heavy atom. The van der Waals surface area contributed by atoms with E-state index in [2.05, 4.69) is 15.0 Å². The van der Waals surface area contributed by atoms with Gasteiger partial charge in [0.2, 0.25) is 5.91 Å². The van der Waals surface area contributed by atoms with Crippen molar-refractivity contribution in [3.8, 4) is 0 Å². The van der Waals surface area contributed by atoms with Gasteiger partial charge >= 0.3 is 5.97 Å². The summed E-state index contributed by atoms with van der Waals surface area (Å²) in [7, 11) is 0. The van der Waals surface area contributed by atoms with E-state index >= 15 is 0 Å². The molecule has 0 aliphatic carbocycles. The van der Waals surface area contributed by atoms with Crippen molar-refractivity contribution in [3.05, 3.63) is 18.0 Å². The summed E-state index contributed by atoms with van der Waals surface area (Å²) in [6.07, 6.45) is 1.38. The standard InChI is InChI=1S/C9H12N2O4/c1-9(2,8(13)14)7(12)10-5-6-3-4-15-11-6/h3-4H,5H2,1-2H3,(H,10,12)(H,13,14). The molecule has 0 fully saturated rings. The second-order valence-electron chi connectivity index (χ2n) is 3.60. The third kappa shape index (κ3) is 2.55. The Morgan fingerprint density at radius 1 is 1.60 bits per heavy atom. The summed E-state index contributed by atoms with van der Waals surface area (Å²) in [5.41, 5.74) is -0.895. The lowest BCUT2D eigenvalue weighted by molar-refractivity contribution is -0.153. The quantitative estimate of drug-likeness (QED) is 0.705. The molecule has 0 radical (unpaired) electrons. The van der Waals surface area contributed by atoms with E-state index in [1.807, 2.05) is 0 Å². The van der Waals surface area contributed by atoms with Gasteiger partial charge in [-0.2, -0.15) is 0 Å². The van der Waals surface area contributed by atoms with E-state index in [4.69, 9.17) is 5.11 Å². The average Bonchev–Trinajstić information content (AvgIpc) is 2.66. The number of carbonyl (C=O) groups is 2. The minimum atomic E-state index is -1.44. The van der Waals surface area contributed by atoms with Gasteiger partial charge in [-0.1, -0.05) is 5.16 Å². The second-order valence-corrected chi connectivity index (χ2v) is 3.60. The van der Waals surface area contributed by atoms with Gasteiger partial charge in [0.05, 0.1) is 6.54 Å². The number of nitrogens with zero attached hydrogens (tertiary/aromatic N) is 1. The van der Waals surface area contributed by atoms with E-state index in [0.717, 1.165) is 0 Å². The molecular weight excluding hydrogens is 200 g/mol. The molecule has 1 rings (SSSR count). The van der Waals surface area contributed by atoms with Gasteiger partial charge < -0.3 is 14.9 Å². The van der Waals surface area contributed by atoms with Crippen LogP contribution in [0.5, 0.6) is 0 Å². The molecule has 0 spiro atoms. The molecule has 6 nitrogen and oxygen atoms in total. The molecule has 1 heterocycles. The summed E-state index contributed by atoms with van der Waals surface area (Å²) >= 11 is 0. The lowest BCUT2D eigenvalue weighted by Gasteiger charge is -2.17. The fourth-order valence-electron chi connectivity index (χ4n) is 0.818. The number of aromatic nitrogens is 1. The molecule has 1 aromatic heterocycles. The van der Waals surface area contributed by atoms with Crippen molar-refractivity contribution < 1.29 is 19.2 Å². The van der Waals surface area contributed by atoms with Gasteiger partial charge in [0.25, 0.3) is 0 Å². The van der Waals surface area contributed by atoms with Gasteiger partial charge in [-0.05, 0) is 13.8 Å². The number of hydrogen-bond acceptors (Lipinski definition) is 4. The minimum Gasteiger partial charge on any atom is -0.480 e. The number of carboxylic acid groups (broad SMARTS) is 1. The number of aliphatic carboxylic acids is 1. The third-order valence-corrected chi connectivity index (χ3v) is 2.02. The van der Waals surface area contributed by atoms with E-state index in [1.165, 1.54) is 20.1 Å². The molecule has 0 aliphatic rings. The predicted octanol–water partition coefficient (Wildman–Crippen LogP) is 0.402. The van der Waals surface area contributed by atoms with Crippen molar-refractivity contribution in [3.63, 3.8) is 0 Å². The summed E-state index contributed by atoms with van der Waals surface area (Å²) in [5, 5.41) is 14.8. The number of carbonyl (C=O) groups excluding carboxylic acids is 1. The highest BCUT2D eigenvalue weighted by molar-refractivity contribution is 6.00. The molecular formula is C9H12N2O4. The molecule has 15 heavy (non-hydrogen) atoms. The van der Waals surface area contributed by atoms with Crippen LogP contribution in [0.1, 0.15) is 19.5 Å². The van der Waals surface area contributed by atoms with Crippen molar-refractivity contribution in [1.29, 1.82) is 0 Å². The Morgan fingerprint density at radius 3 is 2.73 bits per heavy atom. The van der Waals surface area contributed by atoms with E-state index in [9.17, 15) is 9.59 Å². The Hall–Kier alpha value is -1.85. The summed E-state index contributed by atoms with van der Waals surface area (Å²) in [6, 6.07) is 1.59. The van der Waals surface area contributed by atoms with Crippen LogP contribution in [0, 0.1) is 5.41 Å². The number of rotatable bonds is 4. The summed E-state index contributed by atoms with van der Waals surface area (Å²) in [5.74, 6) is -1.72. The molecule has 0 atom stereocenters. The molecule has 0 bridgehead atoms. The largest absolute Gasteiger partial charge is 0.480 e. The zero-order chi connectivity index (χ0) is 11.5. The zero-order valence-corrected chi connectivity index (χ0v) is 8.48. The van der Waals surface area contributed by atoms with Crippen LogP contribution >= 0.6 is 0 Å². The highest BCUT2D eigenvalue weighted by Gasteiger charge is 2.35. The van der Waals surface area contributed by atoms with Gasteiger partial charge in [0.1, 0.15) is 17.4 Å². The second kappa shape index (κ2) is 4.12. The first-order valence-corrected chi connectivity index (χ1v) is 4.35. The zero-order valence-electron chi connectivity index (χ0n) is 8.48. The molecule has 0 aromatic carbocycles. The highest BCUT2D eigenvalue weighted by atomic mass is 16.5. The van der Waals surface area contributed by atoms with Crippen LogP contribution in [-0.4, -0.2) is 22.1 Å². The monoisotopic (exact) mass is 212 g/mol. The van der Waals surface area contributed by atoms with Gasteiger partial charge in [-0.25, -0.2) is 0 Å². The van der Waals surface area contributed by atoms with E-state index in [0.29, 0.717) is 5.69 Å².